The van der Waals surface area contributed by atoms with Gasteiger partial charge in [0, 0.05) is 47.5 Å². The molecular weight excluding hydrogens is 837 g/mol. The highest BCUT2D eigenvalue weighted by atomic mass is 16.3. The summed E-state index contributed by atoms with van der Waals surface area (Å²) in [5, 5.41) is 23.6. The molecule has 68 heavy (non-hydrogen) atoms. The Morgan fingerprint density at radius 1 is 0.397 bits per heavy atom. The number of fused-ring (bicyclic) bond motifs is 2. The molecule has 9 aromatic rings. The van der Waals surface area contributed by atoms with E-state index in [2.05, 4.69) is 201 Å². The number of hydrogen-bond donors (Lipinski definition) is 2. The summed E-state index contributed by atoms with van der Waals surface area (Å²) >= 11 is 0. The Balaban J connectivity index is 1.08. The molecule has 0 aliphatic carbocycles. The predicted molar refractivity (Wildman–Crippen MR) is 281 cm³/mol. The molecule has 0 saturated carbocycles. The predicted octanol–water partition coefficient (Wildman–Crippen LogP) is 14.9. The largest absolute Gasteiger partial charge is 0.507 e. The summed E-state index contributed by atoms with van der Waals surface area (Å²) in [6, 6.07) is 39.9. The maximum Gasteiger partial charge on any atom is 0.144 e. The SMILES string of the molecule is Cn1c(-c2cc(C(C)(C)C)cc(C(C)(C)C)c2O)nc2c(-c3cccc(-c4cc(-c5cccc(-c6cccc7c6nc(-c6cc(C(C)(C)C)cc(C(C)(C)C)c6O)n7C)c5)ncn4)c3)cccc21. The van der Waals surface area contributed by atoms with Gasteiger partial charge in [-0.2, -0.15) is 0 Å². The van der Waals surface area contributed by atoms with Crippen LogP contribution in [0.15, 0.2) is 122 Å². The number of aryl methyl sites for hydroxylation is 2. The molecule has 9 rings (SSSR count). The zero-order valence-electron chi connectivity index (χ0n) is 42.1. The smallest absolute Gasteiger partial charge is 0.144 e. The molecule has 0 unspecified atom stereocenters. The molecule has 3 heterocycles. The molecule has 0 fully saturated rings. The minimum absolute atomic E-state index is 0.120. The fourth-order valence-electron chi connectivity index (χ4n) is 9.36. The first kappa shape index (κ1) is 46.1. The van der Waals surface area contributed by atoms with Crippen molar-refractivity contribution in [1.29, 1.82) is 0 Å². The Hall–Kier alpha value is -7.06. The van der Waals surface area contributed by atoms with Crippen molar-refractivity contribution in [1.82, 2.24) is 29.1 Å². The van der Waals surface area contributed by atoms with E-state index in [4.69, 9.17) is 19.9 Å². The summed E-state index contributed by atoms with van der Waals surface area (Å²) in [5.41, 5.74) is 16.0. The molecule has 3 aromatic heterocycles. The molecule has 0 atom stereocenters. The van der Waals surface area contributed by atoms with Crippen LogP contribution in [0.3, 0.4) is 0 Å². The average molecular weight is 901 g/mol. The Morgan fingerprint density at radius 3 is 1.13 bits per heavy atom. The molecule has 6 aromatic carbocycles. The molecule has 8 heteroatoms. The third-order valence-corrected chi connectivity index (χ3v) is 13.5. The first-order chi connectivity index (χ1) is 31.9. The lowest BCUT2D eigenvalue weighted by atomic mass is 9.79. The molecule has 346 valence electrons. The van der Waals surface area contributed by atoms with E-state index < -0.39 is 0 Å². The molecule has 2 N–H and O–H groups in total. The number of aromatic nitrogens is 6. The Kier molecular flexibility index (Phi) is 11.1. The van der Waals surface area contributed by atoms with E-state index in [-0.39, 0.29) is 33.2 Å². The van der Waals surface area contributed by atoms with Gasteiger partial charge in [-0.05, 0) is 86.4 Å². The number of rotatable bonds is 6. The Labute approximate surface area is 401 Å². The van der Waals surface area contributed by atoms with Gasteiger partial charge < -0.3 is 19.3 Å². The monoisotopic (exact) mass is 901 g/mol. The van der Waals surface area contributed by atoms with Crippen LogP contribution in [-0.4, -0.2) is 39.3 Å². The lowest BCUT2D eigenvalue weighted by molar-refractivity contribution is 0.445. The number of hydrogen-bond acceptors (Lipinski definition) is 6. The minimum atomic E-state index is -0.262. The van der Waals surface area contributed by atoms with Crippen LogP contribution >= 0.6 is 0 Å². The second kappa shape index (κ2) is 16.3. The molecule has 0 radical (unpaired) electrons. The van der Waals surface area contributed by atoms with Gasteiger partial charge in [-0.3, -0.25) is 0 Å². The molecule has 0 spiro atoms. The number of nitrogens with zero attached hydrogens (tertiary/aromatic N) is 6. The van der Waals surface area contributed by atoms with Crippen LogP contribution in [0.1, 0.15) is 105 Å². The van der Waals surface area contributed by atoms with Crippen LogP contribution in [-0.2, 0) is 35.8 Å². The van der Waals surface area contributed by atoms with Gasteiger partial charge in [0.2, 0.25) is 0 Å². The van der Waals surface area contributed by atoms with Crippen LogP contribution in [0.5, 0.6) is 11.5 Å². The van der Waals surface area contributed by atoms with E-state index in [9.17, 15) is 10.2 Å². The molecular formula is C60H64N6O2. The topological polar surface area (TPSA) is 102 Å². The quantitative estimate of drug-likeness (QED) is 0.172. The minimum Gasteiger partial charge on any atom is -0.507 e. The van der Waals surface area contributed by atoms with Gasteiger partial charge in [0.15, 0.2) is 0 Å². The van der Waals surface area contributed by atoms with Crippen LogP contribution in [0.25, 0.3) is 89.6 Å². The second-order valence-corrected chi connectivity index (χ2v) is 22.6. The third-order valence-electron chi connectivity index (χ3n) is 13.5. The van der Waals surface area contributed by atoms with Crippen LogP contribution < -0.4 is 0 Å². The van der Waals surface area contributed by atoms with Crippen molar-refractivity contribution < 1.29 is 10.2 Å². The van der Waals surface area contributed by atoms with Gasteiger partial charge in [0.25, 0.3) is 0 Å². The molecule has 0 aliphatic heterocycles. The highest BCUT2D eigenvalue weighted by Gasteiger charge is 2.30. The maximum absolute atomic E-state index is 11.8. The van der Waals surface area contributed by atoms with E-state index in [1.807, 2.05) is 20.2 Å². The normalized spacial score (nSPS) is 12.7. The van der Waals surface area contributed by atoms with E-state index in [1.54, 1.807) is 6.33 Å². The molecule has 0 aliphatic rings. The van der Waals surface area contributed by atoms with Crippen molar-refractivity contribution in [2.24, 2.45) is 14.1 Å². The first-order valence-corrected chi connectivity index (χ1v) is 23.6. The van der Waals surface area contributed by atoms with Crippen molar-refractivity contribution in [3.05, 3.63) is 144 Å². The van der Waals surface area contributed by atoms with Crippen LogP contribution in [0, 0.1) is 0 Å². The Bertz CT molecular complexity index is 3210. The zero-order chi connectivity index (χ0) is 48.8. The summed E-state index contributed by atoms with van der Waals surface area (Å²) in [5.74, 6) is 1.99. The van der Waals surface area contributed by atoms with E-state index in [0.717, 1.165) is 112 Å². The lowest BCUT2D eigenvalue weighted by Gasteiger charge is -2.27. The van der Waals surface area contributed by atoms with Gasteiger partial charge in [-0.15, -0.1) is 0 Å². The highest BCUT2D eigenvalue weighted by Crippen LogP contribution is 2.45. The summed E-state index contributed by atoms with van der Waals surface area (Å²) in [7, 11) is 4.05. The van der Waals surface area contributed by atoms with Crippen molar-refractivity contribution in [3.63, 3.8) is 0 Å². The zero-order valence-corrected chi connectivity index (χ0v) is 42.1. The van der Waals surface area contributed by atoms with Gasteiger partial charge in [0.05, 0.1) is 44.6 Å². The summed E-state index contributed by atoms with van der Waals surface area (Å²) in [4.78, 5) is 20.1. The molecule has 0 saturated heterocycles. The summed E-state index contributed by atoms with van der Waals surface area (Å²) in [6.07, 6.45) is 1.63. The standard InChI is InChI=1S/C60H64N6O2/c1-57(2,3)39-29-43(53(67)45(31-39)59(7,8)9)55-63-51-41(23-17-25-49(51)65(55)13)35-19-15-21-37(27-35)47-33-48(62-34-61-47)38-22-16-20-36(28-38)42-24-18-26-50-52(42)64-56(66(50)14)44-30-40(58(4,5)6)32-46(54(44)68)60(10,11)12/h15-34,67-68H,1-14H3. The van der Waals surface area contributed by atoms with Gasteiger partial charge >= 0.3 is 0 Å². The number of para-hydroxylation sites is 2. The van der Waals surface area contributed by atoms with Gasteiger partial charge in [-0.25, -0.2) is 19.9 Å². The number of imidazole rings is 2. The second-order valence-electron chi connectivity index (χ2n) is 22.6. The summed E-state index contributed by atoms with van der Waals surface area (Å²) in [6.45, 7) is 26.1. The van der Waals surface area contributed by atoms with E-state index >= 15 is 0 Å². The van der Waals surface area contributed by atoms with Crippen molar-refractivity contribution in [3.8, 4) is 79.0 Å². The van der Waals surface area contributed by atoms with Gasteiger partial charge in [0.1, 0.15) is 29.5 Å². The van der Waals surface area contributed by atoms with Crippen LogP contribution in [0.2, 0.25) is 0 Å². The Morgan fingerprint density at radius 2 is 0.765 bits per heavy atom. The van der Waals surface area contributed by atoms with Crippen molar-refractivity contribution >= 4 is 22.1 Å². The van der Waals surface area contributed by atoms with Crippen molar-refractivity contribution in [2.45, 2.75) is 105 Å². The van der Waals surface area contributed by atoms with Gasteiger partial charge in [-0.1, -0.05) is 156 Å². The number of benzene rings is 6. The number of phenols is 2. The number of phenolic OH excluding ortho intramolecular Hbond substituents is 2. The fraction of sp³-hybridized carbons (Fsp3) is 0.300. The molecule has 0 bridgehead atoms. The van der Waals surface area contributed by atoms with E-state index in [0.29, 0.717) is 0 Å². The van der Waals surface area contributed by atoms with Crippen LogP contribution in [0.4, 0.5) is 0 Å². The fourth-order valence-corrected chi connectivity index (χ4v) is 9.36. The van der Waals surface area contributed by atoms with Crippen molar-refractivity contribution in [2.75, 3.05) is 0 Å². The lowest BCUT2D eigenvalue weighted by Crippen LogP contribution is -2.17. The third kappa shape index (κ3) is 8.24. The maximum atomic E-state index is 11.8. The number of aromatic hydroxyl groups is 2. The first-order valence-electron chi connectivity index (χ1n) is 23.6. The average Bonchev–Trinajstić information content (AvgIpc) is 3.80. The molecule has 8 nitrogen and oxygen atoms in total. The summed E-state index contributed by atoms with van der Waals surface area (Å²) < 4.78 is 4.18. The van der Waals surface area contributed by atoms with E-state index in [1.165, 1.54) is 0 Å². The highest BCUT2D eigenvalue weighted by molar-refractivity contribution is 5.97. The molecule has 0 amide bonds.